The molecule has 1 aromatic heterocycles. The number of hydrogen-bond acceptors (Lipinski definition) is 6. The van der Waals surface area contributed by atoms with Gasteiger partial charge in [0.25, 0.3) is 10.0 Å². The Balaban J connectivity index is 2.01. The number of aryl methyl sites for hydroxylation is 1. The maximum atomic E-state index is 12.8. The molecule has 0 amide bonds. The molecule has 8 nitrogen and oxygen atoms in total. The number of carbonyl (C=O) groups is 1. The van der Waals surface area contributed by atoms with Crippen molar-refractivity contribution < 1.29 is 18.3 Å². The molecule has 0 atom stereocenters. The molecule has 0 spiro atoms. The molecule has 26 heavy (non-hydrogen) atoms. The minimum absolute atomic E-state index is 0.0779. The van der Waals surface area contributed by atoms with Crippen LogP contribution >= 0.6 is 0 Å². The van der Waals surface area contributed by atoms with E-state index >= 15 is 0 Å². The lowest BCUT2D eigenvalue weighted by Gasteiger charge is -2.30. The number of piperazine rings is 1. The van der Waals surface area contributed by atoms with Gasteiger partial charge in [0.15, 0.2) is 5.82 Å². The van der Waals surface area contributed by atoms with E-state index in [-0.39, 0.29) is 16.1 Å². The number of nitrogens with zero attached hydrogens (tertiary/aromatic N) is 2. The fourth-order valence-electron chi connectivity index (χ4n) is 2.76. The van der Waals surface area contributed by atoms with Gasteiger partial charge in [-0.1, -0.05) is 12.1 Å². The van der Waals surface area contributed by atoms with Crippen LogP contribution in [0.4, 0.5) is 11.5 Å². The summed E-state index contributed by atoms with van der Waals surface area (Å²) in [5, 5.41) is 12.4. The SMILES string of the molecule is Cc1cccc(S(=O)(=O)Nc2cc(C(=O)O)cnc2N2CCNCC2)c1. The zero-order valence-electron chi connectivity index (χ0n) is 14.3. The highest BCUT2D eigenvalue weighted by Crippen LogP contribution is 2.27. The monoisotopic (exact) mass is 376 g/mol. The second-order valence-electron chi connectivity index (χ2n) is 6.06. The van der Waals surface area contributed by atoms with Crippen molar-refractivity contribution in [3.05, 3.63) is 47.7 Å². The largest absolute Gasteiger partial charge is 0.478 e. The van der Waals surface area contributed by atoms with Gasteiger partial charge in [-0.05, 0) is 30.7 Å². The van der Waals surface area contributed by atoms with Crippen LogP contribution in [0.2, 0.25) is 0 Å². The summed E-state index contributed by atoms with van der Waals surface area (Å²) in [7, 11) is -3.86. The Labute approximate surface area is 151 Å². The first kappa shape index (κ1) is 18.2. The number of benzene rings is 1. The standard InChI is InChI=1S/C17H20N4O4S/c1-12-3-2-4-14(9-12)26(24,25)20-15-10-13(17(22)23)11-19-16(15)21-7-5-18-6-8-21/h2-4,9-11,18,20H,5-8H2,1H3,(H,22,23). The van der Waals surface area contributed by atoms with Crippen molar-refractivity contribution in [1.82, 2.24) is 10.3 Å². The topological polar surface area (TPSA) is 112 Å². The molecule has 1 aliphatic heterocycles. The van der Waals surface area contributed by atoms with Gasteiger partial charge in [0.2, 0.25) is 0 Å². The van der Waals surface area contributed by atoms with E-state index in [0.717, 1.165) is 18.7 Å². The Kier molecular flexibility index (Phi) is 5.10. The number of aromatic nitrogens is 1. The van der Waals surface area contributed by atoms with E-state index in [0.29, 0.717) is 18.9 Å². The van der Waals surface area contributed by atoms with Gasteiger partial charge >= 0.3 is 5.97 Å². The molecular formula is C17H20N4O4S. The molecule has 0 saturated carbocycles. The van der Waals surface area contributed by atoms with Crippen molar-refractivity contribution in [3.8, 4) is 0 Å². The van der Waals surface area contributed by atoms with Crippen molar-refractivity contribution in [2.75, 3.05) is 35.8 Å². The highest BCUT2D eigenvalue weighted by Gasteiger charge is 2.22. The van der Waals surface area contributed by atoms with E-state index in [9.17, 15) is 18.3 Å². The number of rotatable bonds is 5. The minimum atomic E-state index is -3.86. The van der Waals surface area contributed by atoms with Crippen LogP contribution < -0.4 is 14.9 Å². The van der Waals surface area contributed by atoms with Crippen molar-refractivity contribution >= 4 is 27.5 Å². The van der Waals surface area contributed by atoms with Gasteiger partial charge in [-0.15, -0.1) is 0 Å². The number of carboxylic acid groups (broad SMARTS) is 1. The third-order valence-corrected chi connectivity index (χ3v) is 5.44. The molecule has 0 radical (unpaired) electrons. The summed E-state index contributed by atoms with van der Waals surface area (Å²) in [6.45, 7) is 4.59. The first-order valence-corrected chi connectivity index (χ1v) is 9.63. The van der Waals surface area contributed by atoms with Gasteiger partial charge in [-0.25, -0.2) is 18.2 Å². The van der Waals surface area contributed by atoms with Gasteiger partial charge in [0, 0.05) is 32.4 Å². The van der Waals surface area contributed by atoms with Crippen molar-refractivity contribution in [3.63, 3.8) is 0 Å². The second kappa shape index (κ2) is 7.30. The average molecular weight is 376 g/mol. The average Bonchev–Trinajstić information content (AvgIpc) is 2.62. The van der Waals surface area contributed by atoms with Crippen LogP contribution in [0.3, 0.4) is 0 Å². The molecular weight excluding hydrogens is 356 g/mol. The van der Waals surface area contributed by atoms with Gasteiger partial charge in [-0.3, -0.25) is 4.72 Å². The fourth-order valence-corrected chi connectivity index (χ4v) is 3.92. The Morgan fingerprint density at radius 1 is 1.27 bits per heavy atom. The third kappa shape index (κ3) is 3.94. The van der Waals surface area contributed by atoms with Crippen molar-refractivity contribution in [2.24, 2.45) is 0 Å². The number of nitrogens with one attached hydrogen (secondary N) is 2. The molecule has 0 unspecified atom stereocenters. The number of aromatic carboxylic acids is 1. The van der Waals surface area contributed by atoms with E-state index < -0.39 is 16.0 Å². The van der Waals surface area contributed by atoms with E-state index in [2.05, 4.69) is 15.0 Å². The molecule has 1 aromatic carbocycles. The minimum Gasteiger partial charge on any atom is -0.478 e. The molecule has 2 aromatic rings. The van der Waals surface area contributed by atoms with Gasteiger partial charge < -0.3 is 15.3 Å². The summed E-state index contributed by atoms with van der Waals surface area (Å²) in [5.41, 5.74) is 0.895. The van der Waals surface area contributed by atoms with Crippen LogP contribution in [0.1, 0.15) is 15.9 Å². The van der Waals surface area contributed by atoms with Crippen molar-refractivity contribution in [2.45, 2.75) is 11.8 Å². The molecule has 1 saturated heterocycles. The molecule has 138 valence electrons. The lowest BCUT2D eigenvalue weighted by Crippen LogP contribution is -2.44. The molecule has 1 fully saturated rings. The fraction of sp³-hybridized carbons (Fsp3) is 0.294. The van der Waals surface area contributed by atoms with E-state index in [4.69, 9.17) is 0 Å². The number of hydrogen-bond donors (Lipinski definition) is 3. The predicted molar refractivity (Wildman–Crippen MR) is 98.3 cm³/mol. The smallest absolute Gasteiger partial charge is 0.337 e. The second-order valence-corrected chi connectivity index (χ2v) is 7.74. The van der Waals surface area contributed by atoms with Crippen LogP contribution in [0.5, 0.6) is 0 Å². The molecule has 1 aliphatic rings. The van der Waals surface area contributed by atoms with Gasteiger partial charge in [0.1, 0.15) is 0 Å². The lowest BCUT2D eigenvalue weighted by molar-refractivity contribution is 0.0696. The summed E-state index contributed by atoms with van der Waals surface area (Å²) in [6.07, 6.45) is 1.24. The number of anilines is 2. The quantitative estimate of drug-likeness (QED) is 0.721. The maximum Gasteiger partial charge on any atom is 0.337 e. The molecule has 3 rings (SSSR count). The first-order valence-electron chi connectivity index (χ1n) is 8.15. The Morgan fingerprint density at radius 2 is 2.00 bits per heavy atom. The van der Waals surface area contributed by atoms with E-state index in [1.165, 1.54) is 18.3 Å². The van der Waals surface area contributed by atoms with Crippen LogP contribution in [-0.4, -0.2) is 50.7 Å². The van der Waals surface area contributed by atoms with Gasteiger partial charge in [-0.2, -0.15) is 0 Å². The number of pyridine rings is 1. The van der Waals surface area contributed by atoms with Crippen LogP contribution in [0.15, 0.2) is 41.4 Å². The highest BCUT2D eigenvalue weighted by molar-refractivity contribution is 7.92. The normalized spacial score (nSPS) is 14.9. The molecule has 9 heteroatoms. The zero-order chi connectivity index (χ0) is 18.7. The summed E-state index contributed by atoms with van der Waals surface area (Å²) >= 11 is 0. The van der Waals surface area contributed by atoms with E-state index in [1.807, 2.05) is 4.90 Å². The Bertz CT molecular complexity index is 924. The predicted octanol–water partition coefficient (Wildman–Crippen LogP) is 1.30. The summed E-state index contributed by atoms with van der Waals surface area (Å²) in [5.74, 6) is -0.743. The number of carboxylic acids is 1. The Morgan fingerprint density at radius 3 is 2.65 bits per heavy atom. The van der Waals surface area contributed by atoms with Gasteiger partial charge in [0.05, 0.1) is 16.1 Å². The number of sulfonamides is 1. The molecule has 0 aliphatic carbocycles. The van der Waals surface area contributed by atoms with Crippen LogP contribution in [-0.2, 0) is 10.0 Å². The summed E-state index contributed by atoms with van der Waals surface area (Å²) in [4.78, 5) is 17.5. The van der Waals surface area contributed by atoms with E-state index in [1.54, 1.807) is 25.1 Å². The Hall–Kier alpha value is -2.65. The highest BCUT2D eigenvalue weighted by atomic mass is 32.2. The molecule has 0 bridgehead atoms. The zero-order valence-corrected chi connectivity index (χ0v) is 15.1. The molecule has 2 heterocycles. The van der Waals surface area contributed by atoms with Crippen molar-refractivity contribution in [1.29, 1.82) is 0 Å². The van der Waals surface area contributed by atoms with Crippen LogP contribution in [0, 0.1) is 6.92 Å². The molecule has 3 N–H and O–H groups in total. The third-order valence-electron chi connectivity index (χ3n) is 4.07. The first-order chi connectivity index (χ1) is 12.4. The summed E-state index contributed by atoms with van der Waals surface area (Å²) < 4.78 is 28.0. The summed E-state index contributed by atoms with van der Waals surface area (Å²) in [6, 6.07) is 7.82. The maximum absolute atomic E-state index is 12.8. The van der Waals surface area contributed by atoms with Crippen LogP contribution in [0.25, 0.3) is 0 Å². The lowest BCUT2D eigenvalue weighted by atomic mass is 10.2.